The van der Waals surface area contributed by atoms with Crippen molar-refractivity contribution in [3.63, 3.8) is 0 Å². The molecule has 0 aromatic rings. The van der Waals surface area contributed by atoms with E-state index in [1.807, 2.05) is 0 Å². The summed E-state index contributed by atoms with van der Waals surface area (Å²) in [5, 5.41) is 0. The van der Waals surface area contributed by atoms with Crippen LogP contribution in [0.5, 0.6) is 0 Å². The Morgan fingerprint density at radius 1 is 1.13 bits per heavy atom. The molecule has 1 aliphatic heterocycles. The maximum absolute atomic E-state index is 11.2. The molecule has 0 aromatic heterocycles. The summed E-state index contributed by atoms with van der Waals surface area (Å²) in [6.45, 7) is 7.70. The van der Waals surface area contributed by atoms with Gasteiger partial charge in [-0.15, -0.1) is 0 Å². The lowest BCUT2D eigenvalue weighted by atomic mass is 10.3. The van der Waals surface area contributed by atoms with Crippen molar-refractivity contribution < 1.29 is 9.59 Å². The molecule has 0 N–H and O–H groups in total. The molecule has 4 heteroatoms. The normalized spacial score (nSPS) is 15.8. The van der Waals surface area contributed by atoms with E-state index in [1.165, 1.54) is 17.1 Å². The number of amides is 2. The molecule has 0 fully saturated rings. The third-order valence-corrected chi connectivity index (χ3v) is 2.65. The Hall–Kier alpha value is -1.16. The van der Waals surface area contributed by atoms with Gasteiger partial charge in [-0.2, -0.15) is 0 Å². The third-order valence-electron chi connectivity index (χ3n) is 2.65. The predicted octanol–water partition coefficient (Wildman–Crippen LogP) is 0.643. The highest BCUT2D eigenvalue weighted by atomic mass is 16.2. The Balaban J connectivity index is 2.26. The fourth-order valence-corrected chi connectivity index (χ4v) is 1.64. The van der Waals surface area contributed by atoms with Crippen molar-refractivity contribution in [3.05, 3.63) is 12.2 Å². The molecule has 0 atom stereocenters. The second-order valence-electron chi connectivity index (χ2n) is 3.54. The van der Waals surface area contributed by atoms with Crippen molar-refractivity contribution in [2.75, 3.05) is 26.2 Å². The molecule has 4 nitrogen and oxygen atoms in total. The highest BCUT2D eigenvalue weighted by Crippen LogP contribution is 2.04. The van der Waals surface area contributed by atoms with Crippen molar-refractivity contribution in [3.8, 4) is 0 Å². The van der Waals surface area contributed by atoms with E-state index in [2.05, 4.69) is 18.7 Å². The zero-order valence-electron chi connectivity index (χ0n) is 9.40. The van der Waals surface area contributed by atoms with Crippen molar-refractivity contribution >= 4 is 11.8 Å². The van der Waals surface area contributed by atoms with Gasteiger partial charge in [0, 0.05) is 18.7 Å². The molecule has 0 aromatic carbocycles. The lowest BCUT2D eigenvalue weighted by molar-refractivity contribution is -0.136. The van der Waals surface area contributed by atoms with Crippen molar-refractivity contribution in [1.82, 2.24) is 9.80 Å². The first-order valence-corrected chi connectivity index (χ1v) is 5.45. The Kier molecular flexibility index (Phi) is 4.49. The van der Waals surface area contributed by atoms with E-state index in [0.29, 0.717) is 6.54 Å². The summed E-state index contributed by atoms with van der Waals surface area (Å²) >= 11 is 0. The first kappa shape index (κ1) is 11.9. The number of hydrogen-bond donors (Lipinski definition) is 0. The fourth-order valence-electron chi connectivity index (χ4n) is 1.64. The molecule has 0 spiro atoms. The van der Waals surface area contributed by atoms with E-state index < -0.39 is 0 Å². The van der Waals surface area contributed by atoms with Crippen molar-refractivity contribution in [2.24, 2.45) is 0 Å². The number of rotatable bonds is 6. The summed E-state index contributed by atoms with van der Waals surface area (Å²) in [7, 11) is 0. The molecule has 15 heavy (non-hydrogen) atoms. The molecule has 84 valence electrons. The SMILES string of the molecule is CCN(CC)CCCN1C(=O)C=CC1=O. The maximum Gasteiger partial charge on any atom is 0.253 e. The Morgan fingerprint density at radius 3 is 2.13 bits per heavy atom. The molecule has 0 saturated carbocycles. The quantitative estimate of drug-likeness (QED) is 0.604. The molecule has 0 unspecified atom stereocenters. The molecule has 0 radical (unpaired) electrons. The monoisotopic (exact) mass is 210 g/mol. The summed E-state index contributed by atoms with van der Waals surface area (Å²) in [6.07, 6.45) is 3.51. The predicted molar refractivity (Wildman–Crippen MR) is 58.3 cm³/mol. The minimum absolute atomic E-state index is 0.181. The number of nitrogens with zero attached hydrogens (tertiary/aromatic N) is 2. The van der Waals surface area contributed by atoms with Gasteiger partial charge in [-0.05, 0) is 26.1 Å². The van der Waals surface area contributed by atoms with Crippen LogP contribution in [-0.2, 0) is 9.59 Å². The molecule has 1 aliphatic rings. The Morgan fingerprint density at radius 2 is 1.67 bits per heavy atom. The van der Waals surface area contributed by atoms with Gasteiger partial charge in [0.15, 0.2) is 0 Å². The van der Waals surface area contributed by atoms with Gasteiger partial charge >= 0.3 is 0 Å². The van der Waals surface area contributed by atoms with Crippen LogP contribution in [0.25, 0.3) is 0 Å². The zero-order valence-corrected chi connectivity index (χ0v) is 9.40. The summed E-state index contributed by atoms with van der Waals surface area (Å²) in [4.78, 5) is 26.0. The number of carbonyl (C=O) groups excluding carboxylic acids is 2. The summed E-state index contributed by atoms with van der Waals surface area (Å²) in [5.41, 5.74) is 0. The zero-order chi connectivity index (χ0) is 11.3. The standard InChI is InChI=1S/C11H18N2O2/c1-3-12(4-2)8-5-9-13-10(14)6-7-11(13)15/h6-7H,3-5,8-9H2,1-2H3. The van der Waals surface area contributed by atoms with Crippen LogP contribution in [0.15, 0.2) is 12.2 Å². The van der Waals surface area contributed by atoms with Gasteiger partial charge in [-0.3, -0.25) is 14.5 Å². The van der Waals surface area contributed by atoms with Crippen LogP contribution in [0, 0.1) is 0 Å². The van der Waals surface area contributed by atoms with Gasteiger partial charge < -0.3 is 4.90 Å². The van der Waals surface area contributed by atoms with E-state index in [1.54, 1.807) is 0 Å². The van der Waals surface area contributed by atoms with Gasteiger partial charge in [-0.1, -0.05) is 13.8 Å². The van der Waals surface area contributed by atoms with E-state index in [0.717, 1.165) is 26.1 Å². The van der Waals surface area contributed by atoms with E-state index in [9.17, 15) is 9.59 Å². The van der Waals surface area contributed by atoms with Crippen LogP contribution in [0.3, 0.4) is 0 Å². The lowest BCUT2D eigenvalue weighted by Gasteiger charge is -2.19. The second-order valence-corrected chi connectivity index (χ2v) is 3.54. The minimum Gasteiger partial charge on any atom is -0.304 e. The van der Waals surface area contributed by atoms with Gasteiger partial charge in [0.05, 0.1) is 0 Å². The summed E-state index contributed by atoms with van der Waals surface area (Å²) in [5.74, 6) is -0.362. The van der Waals surface area contributed by atoms with Crippen molar-refractivity contribution in [1.29, 1.82) is 0 Å². The molecule has 2 amide bonds. The number of hydrogen-bond acceptors (Lipinski definition) is 3. The molecular weight excluding hydrogens is 192 g/mol. The van der Waals surface area contributed by atoms with Crippen LogP contribution in [0.1, 0.15) is 20.3 Å². The number of carbonyl (C=O) groups is 2. The van der Waals surface area contributed by atoms with Gasteiger partial charge in [-0.25, -0.2) is 0 Å². The average molecular weight is 210 g/mol. The highest BCUT2D eigenvalue weighted by Gasteiger charge is 2.22. The average Bonchev–Trinajstić information content (AvgIpc) is 2.55. The van der Waals surface area contributed by atoms with Crippen LogP contribution < -0.4 is 0 Å². The molecule has 0 aliphatic carbocycles. The van der Waals surface area contributed by atoms with E-state index in [-0.39, 0.29) is 11.8 Å². The smallest absolute Gasteiger partial charge is 0.253 e. The molecule has 1 heterocycles. The molecule has 0 saturated heterocycles. The van der Waals surface area contributed by atoms with E-state index in [4.69, 9.17) is 0 Å². The van der Waals surface area contributed by atoms with Crippen LogP contribution in [-0.4, -0.2) is 47.8 Å². The Bertz CT molecular complexity index is 252. The largest absolute Gasteiger partial charge is 0.304 e. The minimum atomic E-state index is -0.181. The van der Waals surface area contributed by atoms with Crippen LogP contribution >= 0.6 is 0 Å². The molecular formula is C11H18N2O2. The Labute approximate surface area is 90.5 Å². The molecule has 1 rings (SSSR count). The highest BCUT2D eigenvalue weighted by molar-refractivity contribution is 6.12. The topological polar surface area (TPSA) is 40.6 Å². The van der Waals surface area contributed by atoms with Crippen molar-refractivity contribution in [2.45, 2.75) is 20.3 Å². The van der Waals surface area contributed by atoms with Gasteiger partial charge in [0.2, 0.25) is 0 Å². The lowest BCUT2D eigenvalue weighted by Crippen LogP contribution is -2.33. The first-order chi connectivity index (χ1) is 7.19. The molecule has 0 bridgehead atoms. The van der Waals surface area contributed by atoms with E-state index >= 15 is 0 Å². The van der Waals surface area contributed by atoms with Crippen LogP contribution in [0.2, 0.25) is 0 Å². The maximum atomic E-state index is 11.2. The third kappa shape index (κ3) is 3.16. The van der Waals surface area contributed by atoms with Gasteiger partial charge in [0.1, 0.15) is 0 Å². The van der Waals surface area contributed by atoms with Crippen LogP contribution in [0.4, 0.5) is 0 Å². The van der Waals surface area contributed by atoms with Gasteiger partial charge in [0.25, 0.3) is 11.8 Å². The summed E-state index contributed by atoms with van der Waals surface area (Å²) < 4.78 is 0. The first-order valence-electron chi connectivity index (χ1n) is 5.45. The second kappa shape index (κ2) is 5.66. The summed E-state index contributed by atoms with van der Waals surface area (Å²) in [6, 6.07) is 0. The number of imide groups is 1. The fraction of sp³-hybridized carbons (Fsp3) is 0.636.